The van der Waals surface area contributed by atoms with E-state index in [1.54, 1.807) is 23.1 Å². The molecule has 1 fully saturated rings. The second-order valence-corrected chi connectivity index (χ2v) is 5.02. The molecule has 0 spiro atoms. The third-order valence-electron chi connectivity index (χ3n) is 2.83. The highest BCUT2D eigenvalue weighted by Crippen LogP contribution is 2.25. The summed E-state index contributed by atoms with van der Waals surface area (Å²) < 4.78 is 0. The van der Waals surface area contributed by atoms with Crippen LogP contribution in [0.25, 0.3) is 0 Å². The van der Waals surface area contributed by atoms with E-state index in [0.29, 0.717) is 34.7 Å². The molecule has 0 saturated carbocycles. The minimum Gasteiger partial charge on any atom is -0.336 e. The standard InChI is InChI=1S/C12H14Cl2N2O.ClH/c1-8-7-16(6-5-15-8)12(17)11-9(13)3-2-4-10(11)14;/h2-4,8,15H,5-7H2,1H3;1H/t8-;/m1./s1. The van der Waals surface area contributed by atoms with Crippen molar-refractivity contribution in [3.63, 3.8) is 0 Å². The average Bonchev–Trinajstić information content (AvgIpc) is 2.28. The van der Waals surface area contributed by atoms with Gasteiger partial charge in [0.05, 0.1) is 15.6 Å². The average molecular weight is 310 g/mol. The molecule has 0 unspecified atom stereocenters. The molecular formula is C12H15Cl3N2O. The zero-order valence-corrected chi connectivity index (χ0v) is 12.3. The van der Waals surface area contributed by atoms with E-state index in [2.05, 4.69) is 5.32 Å². The van der Waals surface area contributed by atoms with Crippen molar-refractivity contribution in [2.75, 3.05) is 19.6 Å². The molecule has 100 valence electrons. The van der Waals surface area contributed by atoms with E-state index in [1.165, 1.54) is 0 Å². The monoisotopic (exact) mass is 308 g/mol. The maximum absolute atomic E-state index is 12.3. The molecule has 0 aromatic heterocycles. The first kappa shape index (κ1) is 15.6. The topological polar surface area (TPSA) is 32.3 Å². The molecule has 2 rings (SSSR count). The number of carbonyl (C=O) groups is 1. The Bertz CT molecular complexity index is 419. The Morgan fingerprint density at radius 3 is 2.56 bits per heavy atom. The summed E-state index contributed by atoms with van der Waals surface area (Å²) >= 11 is 12.1. The van der Waals surface area contributed by atoms with Crippen LogP contribution in [0.1, 0.15) is 17.3 Å². The van der Waals surface area contributed by atoms with Crippen molar-refractivity contribution in [1.29, 1.82) is 0 Å². The molecule has 1 N–H and O–H groups in total. The van der Waals surface area contributed by atoms with Crippen LogP contribution in [0.3, 0.4) is 0 Å². The molecule has 1 heterocycles. The molecule has 0 aliphatic carbocycles. The number of hydrogen-bond donors (Lipinski definition) is 1. The van der Waals surface area contributed by atoms with Crippen LogP contribution in [0.5, 0.6) is 0 Å². The molecule has 1 amide bonds. The molecule has 18 heavy (non-hydrogen) atoms. The highest BCUT2D eigenvalue weighted by molar-refractivity contribution is 6.39. The molecule has 6 heteroatoms. The van der Waals surface area contributed by atoms with Crippen molar-refractivity contribution < 1.29 is 4.79 Å². The number of nitrogens with zero attached hydrogens (tertiary/aromatic N) is 1. The van der Waals surface area contributed by atoms with E-state index in [1.807, 2.05) is 6.92 Å². The van der Waals surface area contributed by atoms with Gasteiger partial charge in [0.15, 0.2) is 0 Å². The third kappa shape index (κ3) is 3.29. The van der Waals surface area contributed by atoms with E-state index in [0.717, 1.165) is 6.54 Å². The largest absolute Gasteiger partial charge is 0.336 e. The van der Waals surface area contributed by atoms with Crippen LogP contribution in [0.15, 0.2) is 18.2 Å². The summed E-state index contributed by atoms with van der Waals surface area (Å²) in [5, 5.41) is 4.11. The zero-order chi connectivity index (χ0) is 12.4. The van der Waals surface area contributed by atoms with Crippen LogP contribution in [0, 0.1) is 0 Å². The Morgan fingerprint density at radius 1 is 1.39 bits per heavy atom. The quantitative estimate of drug-likeness (QED) is 0.865. The van der Waals surface area contributed by atoms with Crippen LogP contribution in [-0.4, -0.2) is 36.5 Å². The number of piperazine rings is 1. The second kappa shape index (κ2) is 6.62. The van der Waals surface area contributed by atoms with Crippen LogP contribution in [-0.2, 0) is 0 Å². The molecule has 1 atom stereocenters. The van der Waals surface area contributed by atoms with Crippen molar-refractivity contribution in [3.05, 3.63) is 33.8 Å². The maximum atomic E-state index is 12.3. The summed E-state index contributed by atoms with van der Waals surface area (Å²) in [6.45, 7) is 4.22. The number of nitrogens with one attached hydrogen (secondary N) is 1. The Labute approximate surface area is 123 Å². The number of halogens is 3. The van der Waals surface area contributed by atoms with Gasteiger partial charge in [0.1, 0.15) is 0 Å². The second-order valence-electron chi connectivity index (χ2n) is 4.20. The predicted octanol–water partition coefficient (Wildman–Crippen LogP) is 2.85. The van der Waals surface area contributed by atoms with Crippen molar-refractivity contribution in [3.8, 4) is 0 Å². The molecule has 1 aromatic carbocycles. The normalized spacial score (nSPS) is 19.3. The Morgan fingerprint density at radius 2 is 2.00 bits per heavy atom. The zero-order valence-electron chi connectivity index (χ0n) is 9.95. The Hall–Kier alpha value is -0.480. The van der Waals surface area contributed by atoms with Gasteiger partial charge in [-0.2, -0.15) is 0 Å². The highest BCUT2D eigenvalue weighted by atomic mass is 35.5. The van der Waals surface area contributed by atoms with Crippen molar-refractivity contribution in [1.82, 2.24) is 10.2 Å². The lowest BCUT2D eigenvalue weighted by atomic mass is 10.1. The fourth-order valence-electron chi connectivity index (χ4n) is 1.98. The molecule has 1 aliphatic heterocycles. The first-order chi connectivity index (χ1) is 8.09. The van der Waals surface area contributed by atoms with Gasteiger partial charge in [0, 0.05) is 25.7 Å². The van der Waals surface area contributed by atoms with Crippen LogP contribution < -0.4 is 5.32 Å². The SMILES string of the molecule is C[C@@H]1CN(C(=O)c2c(Cl)cccc2Cl)CCN1.Cl. The van der Waals surface area contributed by atoms with Gasteiger partial charge in [0.2, 0.25) is 0 Å². The van der Waals surface area contributed by atoms with Crippen molar-refractivity contribution in [2.24, 2.45) is 0 Å². The number of hydrogen-bond acceptors (Lipinski definition) is 2. The molecule has 0 bridgehead atoms. The van der Waals surface area contributed by atoms with Gasteiger partial charge in [-0.3, -0.25) is 4.79 Å². The van der Waals surface area contributed by atoms with Gasteiger partial charge in [-0.05, 0) is 19.1 Å². The number of amides is 1. The first-order valence-electron chi connectivity index (χ1n) is 5.56. The van der Waals surface area contributed by atoms with Gasteiger partial charge in [0.25, 0.3) is 5.91 Å². The Balaban J connectivity index is 0.00000162. The van der Waals surface area contributed by atoms with E-state index < -0.39 is 0 Å². The fourth-order valence-corrected chi connectivity index (χ4v) is 2.54. The van der Waals surface area contributed by atoms with Gasteiger partial charge in [-0.25, -0.2) is 0 Å². The fraction of sp³-hybridized carbons (Fsp3) is 0.417. The molecular weight excluding hydrogens is 295 g/mol. The molecule has 0 radical (unpaired) electrons. The van der Waals surface area contributed by atoms with E-state index in [9.17, 15) is 4.79 Å². The summed E-state index contributed by atoms with van der Waals surface area (Å²) in [6.07, 6.45) is 0. The van der Waals surface area contributed by atoms with Gasteiger partial charge < -0.3 is 10.2 Å². The van der Waals surface area contributed by atoms with Crippen molar-refractivity contribution >= 4 is 41.5 Å². The number of benzene rings is 1. The van der Waals surface area contributed by atoms with Gasteiger partial charge in [-0.1, -0.05) is 29.3 Å². The summed E-state index contributed by atoms with van der Waals surface area (Å²) in [5.41, 5.74) is 0.407. The molecule has 1 saturated heterocycles. The molecule has 3 nitrogen and oxygen atoms in total. The first-order valence-corrected chi connectivity index (χ1v) is 6.32. The maximum Gasteiger partial charge on any atom is 0.256 e. The summed E-state index contributed by atoms with van der Waals surface area (Å²) in [4.78, 5) is 14.1. The lowest BCUT2D eigenvalue weighted by Gasteiger charge is -2.32. The van der Waals surface area contributed by atoms with Gasteiger partial charge >= 0.3 is 0 Å². The minimum absolute atomic E-state index is 0. The van der Waals surface area contributed by atoms with E-state index in [-0.39, 0.29) is 18.3 Å². The number of rotatable bonds is 1. The van der Waals surface area contributed by atoms with Gasteiger partial charge in [-0.15, -0.1) is 12.4 Å². The summed E-state index contributed by atoms with van der Waals surface area (Å²) in [6, 6.07) is 5.41. The minimum atomic E-state index is -0.0889. The lowest BCUT2D eigenvalue weighted by molar-refractivity contribution is 0.0709. The van der Waals surface area contributed by atoms with Crippen molar-refractivity contribution in [2.45, 2.75) is 13.0 Å². The van der Waals surface area contributed by atoms with Crippen LogP contribution >= 0.6 is 35.6 Å². The van der Waals surface area contributed by atoms with E-state index in [4.69, 9.17) is 23.2 Å². The number of carbonyl (C=O) groups excluding carboxylic acids is 1. The molecule has 1 aromatic rings. The highest BCUT2D eigenvalue weighted by Gasteiger charge is 2.24. The van der Waals surface area contributed by atoms with E-state index >= 15 is 0 Å². The summed E-state index contributed by atoms with van der Waals surface area (Å²) in [5.74, 6) is -0.0889. The van der Waals surface area contributed by atoms with Crippen LogP contribution in [0.2, 0.25) is 10.0 Å². The third-order valence-corrected chi connectivity index (χ3v) is 3.46. The van der Waals surface area contributed by atoms with Crippen LogP contribution in [0.4, 0.5) is 0 Å². The molecule has 1 aliphatic rings. The lowest BCUT2D eigenvalue weighted by Crippen LogP contribution is -2.51. The summed E-state index contributed by atoms with van der Waals surface area (Å²) in [7, 11) is 0. The predicted molar refractivity (Wildman–Crippen MR) is 77.1 cm³/mol. The smallest absolute Gasteiger partial charge is 0.256 e. The Kier molecular flexibility index (Phi) is 5.73.